The zero-order valence-electron chi connectivity index (χ0n) is 15.5. The minimum Gasteiger partial charge on any atom is -0.497 e. The molecule has 3 aromatic carbocycles. The third kappa shape index (κ3) is 4.35. The lowest BCUT2D eigenvalue weighted by Gasteiger charge is -2.23. The zero-order chi connectivity index (χ0) is 20.0. The van der Waals surface area contributed by atoms with E-state index in [4.69, 9.17) is 9.47 Å². The molecule has 3 rings (SSSR count). The monoisotopic (exact) mass is 395 g/mol. The number of benzene rings is 3. The highest BCUT2D eigenvalue weighted by Gasteiger charge is 2.24. The first-order valence-electron chi connectivity index (χ1n) is 8.65. The van der Waals surface area contributed by atoms with Crippen LogP contribution in [-0.2, 0) is 10.0 Å². The Morgan fingerprint density at radius 1 is 0.857 bits per heavy atom. The molecule has 0 aliphatic heterocycles. The third-order valence-corrected chi connectivity index (χ3v) is 5.85. The molecule has 0 saturated heterocycles. The normalized spacial score (nSPS) is 10.9. The van der Waals surface area contributed by atoms with Crippen LogP contribution >= 0.6 is 0 Å². The molecule has 0 aliphatic rings. The molecular formula is C22H21NO4S. The van der Waals surface area contributed by atoms with E-state index >= 15 is 0 Å². The van der Waals surface area contributed by atoms with Crippen LogP contribution in [0.15, 0.2) is 96.4 Å². The summed E-state index contributed by atoms with van der Waals surface area (Å²) in [5, 5.41) is 0. The van der Waals surface area contributed by atoms with E-state index in [1.807, 2.05) is 30.3 Å². The Kier molecular flexibility index (Phi) is 6.01. The molecule has 0 spiro atoms. The fraction of sp³-hybridized carbons (Fsp3) is 0.0909. The fourth-order valence-corrected chi connectivity index (χ4v) is 4.07. The number of rotatable bonds is 8. The number of hydrogen-bond donors (Lipinski definition) is 0. The van der Waals surface area contributed by atoms with E-state index in [0.29, 0.717) is 22.9 Å². The first kappa shape index (κ1) is 19.5. The van der Waals surface area contributed by atoms with Gasteiger partial charge in [0.1, 0.15) is 17.2 Å². The number of sulfonamides is 1. The van der Waals surface area contributed by atoms with Crippen molar-refractivity contribution in [2.75, 3.05) is 18.0 Å². The molecule has 5 nitrogen and oxygen atoms in total. The molecule has 0 aliphatic carbocycles. The Hall–Kier alpha value is -3.25. The highest BCUT2D eigenvalue weighted by molar-refractivity contribution is 7.92. The van der Waals surface area contributed by atoms with Gasteiger partial charge < -0.3 is 9.47 Å². The maximum Gasteiger partial charge on any atom is 0.264 e. The van der Waals surface area contributed by atoms with E-state index in [0.717, 1.165) is 0 Å². The Labute approximate surface area is 165 Å². The highest BCUT2D eigenvalue weighted by atomic mass is 32.2. The molecule has 0 fully saturated rings. The summed E-state index contributed by atoms with van der Waals surface area (Å²) in [6, 6.07) is 22.6. The predicted octanol–water partition coefficient (Wildman–Crippen LogP) is 4.87. The molecule has 144 valence electrons. The first-order chi connectivity index (χ1) is 13.5. The van der Waals surface area contributed by atoms with E-state index in [-0.39, 0.29) is 11.4 Å². The van der Waals surface area contributed by atoms with Crippen molar-refractivity contribution in [3.05, 3.63) is 91.5 Å². The molecule has 0 unspecified atom stereocenters. The van der Waals surface area contributed by atoms with Gasteiger partial charge in [-0.2, -0.15) is 0 Å². The summed E-state index contributed by atoms with van der Waals surface area (Å²) in [5.74, 6) is 1.93. The minimum absolute atomic E-state index is 0.146. The average Bonchev–Trinajstić information content (AvgIpc) is 2.73. The molecule has 0 amide bonds. The van der Waals surface area contributed by atoms with Gasteiger partial charge in [-0.3, -0.25) is 4.31 Å². The van der Waals surface area contributed by atoms with E-state index in [1.165, 1.54) is 23.5 Å². The average molecular weight is 395 g/mol. The minimum atomic E-state index is -3.75. The summed E-state index contributed by atoms with van der Waals surface area (Å²) in [7, 11) is -2.21. The molecule has 0 radical (unpaired) electrons. The molecule has 3 aromatic rings. The van der Waals surface area contributed by atoms with Gasteiger partial charge in [0.2, 0.25) is 0 Å². The van der Waals surface area contributed by atoms with Crippen LogP contribution in [-0.4, -0.2) is 22.1 Å². The summed E-state index contributed by atoms with van der Waals surface area (Å²) in [4.78, 5) is 0.180. The second kappa shape index (κ2) is 8.63. The summed E-state index contributed by atoms with van der Waals surface area (Å²) in [6.07, 6.45) is 1.55. The predicted molar refractivity (Wildman–Crippen MR) is 111 cm³/mol. The van der Waals surface area contributed by atoms with Crippen molar-refractivity contribution in [3.63, 3.8) is 0 Å². The molecular weight excluding hydrogens is 374 g/mol. The summed E-state index contributed by atoms with van der Waals surface area (Å²) in [5.41, 5.74) is 0.524. The van der Waals surface area contributed by atoms with Crippen molar-refractivity contribution in [2.45, 2.75) is 4.90 Å². The van der Waals surface area contributed by atoms with Crippen molar-refractivity contribution in [3.8, 4) is 17.2 Å². The number of para-hydroxylation sites is 1. The van der Waals surface area contributed by atoms with Crippen molar-refractivity contribution in [2.24, 2.45) is 0 Å². The Bertz CT molecular complexity index is 1010. The molecule has 28 heavy (non-hydrogen) atoms. The lowest BCUT2D eigenvalue weighted by molar-refractivity contribution is 0.414. The second-order valence-electron chi connectivity index (χ2n) is 5.91. The Morgan fingerprint density at radius 3 is 2.00 bits per heavy atom. The number of methoxy groups -OCH3 is 1. The fourth-order valence-electron chi connectivity index (χ4n) is 2.64. The lowest BCUT2D eigenvalue weighted by atomic mass is 10.3. The lowest BCUT2D eigenvalue weighted by Crippen LogP contribution is -2.31. The topological polar surface area (TPSA) is 55.8 Å². The molecule has 0 atom stereocenters. The van der Waals surface area contributed by atoms with Gasteiger partial charge in [-0.05, 0) is 60.7 Å². The summed E-state index contributed by atoms with van der Waals surface area (Å²) < 4.78 is 38.4. The SMILES string of the molecule is C=CCN(c1ccc(Oc2ccccc2)cc1)S(=O)(=O)c1ccc(OC)cc1. The second-order valence-corrected chi connectivity index (χ2v) is 7.77. The van der Waals surface area contributed by atoms with E-state index in [2.05, 4.69) is 6.58 Å². The van der Waals surface area contributed by atoms with Crippen LogP contribution in [0.4, 0.5) is 5.69 Å². The zero-order valence-corrected chi connectivity index (χ0v) is 16.3. The van der Waals surface area contributed by atoms with Crippen LogP contribution < -0.4 is 13.8 Å². The quantitative estimate of drug-likeness (QED) is 0.511. The summed E-state index contributed by atoms with van der Waals surface area (Å²) >= 11 is 0. The van der Waals surface area contributed by atoms with Crippen LogP contribution in [0.1, 0.15) is 0 Å². The van der Waals surface area contributed by atoms with Crippen LogP contribution in [0.3, 0.4) is 0 Å². The Morgan fingerprint density at radius 2 is 1.43 bits per heavy atom. The van der Waals surface area contributed by atoms with Crippen LogP contribution in [0.5, 0.6) is 17.2 Å². The third-order valence-electron chi connectivity index (χ3n) is 4.05. The molecule has 0 saturated carbocycles. The van der Waals surface area contributed by atoms with E-state index in [1.54, 1.807) is 42.5 Å². The Balaban J connectivity index is 1.87. The van der Waals surface area contributed by atoms with Crippen LogP contribution in [0, 0.1) is 0 Å². The van der Waals surface area contributed by atoms with Crippen molar-refractivity contribution < 1.29 is 17.9 Å². The van der Waals surface area contributed by atoms with Gasteiger partial charge in [-0.1, -0.05) is 24.3 Å². The van der Waals surface area contributed by atoms with Gasteiger partial charge in [-0.25, -0.2) is 8.42 Å². The number of anilines is 1. The smallest absolute Gasteiger partial charge is 0.264 e. The first-order valence-corrected chi connectivity index (χ1v) is 10.1. The number of ether oxygens (including phenoxy) is 2. The van der Waals surface area contributed by atoms with E-state index in [9.17, 15) is 8.42 Å². The van der Waals surface area contributed by atoms with Crippen molar-refractivity contribution in [1.29, 1.82) is 0 Å². The molecule has 0 bridgehead atoms. The molecule has 0 N–H and O–H groups in total. The molecule has 6 heteroatoms. The largest absolute Gasteiger partial charge is 0.497 e. The van der Waals surface area contributed by atoms with Gasteiger partial charge in [0.05, 0.1) is 24.2 Å². The van der Waals surface area contributed by atoms with E-state index < -0.39 is 10.0 Å². The van der Waals surface area contributed by atoms with Gasteiger partial charge in [0.15, 0.2) is 0 Å². The van der Waals surface area contributed by atoms with Gasteiger partial charge in [0.25, 0.3) is 10.0 Å². The van der Waals surface area contributed by atoms with Gasteiger partial charge >= 0.3 is 0 Å². The number of nitrogens with zero attached hydrogens (tertiary/aromatic N) is 1. The molecule has 0 aromatic heterocycles. The van der Waals surface area contributed by atoms with Crippen LogP contribution in [0.2, 0.25) is 0 Å². The summed E-state index contributed by atoms with van der Waals surface area (Å²) in [6.45, 7) is 3.83. The number of hydrogen-bond acceptors (Lipinski definition) is 4. The maximum atomic E-state index is 13.1. The maximum absolute atomic E-state index is 13.1. The van der Waals surface area contributed by atoms with Crippen molar-refractivity contribution in [1.82, 2.24) is 0 Å². The molecule has 0 heterocycles. The van der Waals surface area contributed by atoms with Gasteiger partial charge in [-0.15, -0.1) is 6.58 Å². The highest BCUT2D eigenvalue weighted by Crippen LogP contribution is 2.28. The standard InChI is InChI=1S/C22H21NO4S/c1-3-17-23(28(24,25)22-15-13-19(26-2)14-16-22)18-9-11-21(12-10-18)27-20-7-5-4-6-8-20/h3-16H,1,17H2,2H3. The van der Waals surface area contributed by atoms with Crippen LogP contribution in [0.25, 0.3) is 0 Å². The van der Waals surface area contributed by atoms with Crippen molar-refractivity contribution >= 4 is 15.7 Å². The van der Waals surface area contributed by atoms with Gasteiger partial charge in [0, 0.05) is 0 Å².